The monoisotopic (exact) mass is 347 g/mol. The van der Waals surface area contributed by atoms with Gasteiger partial charge in [0.25, 0.3) is 0 Å². The molecule has 25 heavy (non-hydrogen) atoms. The summed E-state index contributed by atoms with van der Waals surface area (Å²) >= 11 is 0. The van der Waals surface area contributed by atoms with Gasteiger partial charge in [-0.1, -0.05) is 0 Å². The van der Waals surface area contributed by atoms with E-state index in [9.17, 15) is 9.59 Å². The molecule has 0 aliphatic carbocycles. The van der Waals surface area contributed by atoms with E-state index in [0.717, 1.165) is 39.1 Å². The van der Waals surface area contributed by atoms with Crippen molar-refractivity contribution in [2.24, 2.45) is 0 Å². The number of nitrogens with zero attached hydrogens (tertiary/aromatic N) is 2. The molecule has 3 rings (SSSR count). The second-order valence-electron chi connectivity index (χ2n) is 6.42. The van der Waals surface area contributed by atoms with E-state index in [1.807, 2.05) is 4.90 Å². The number of hydrogen-bond donors (Lipinski definition) is 1. The highest BCUT2D eigenvalue weighted by Gasteiger charge is 2.24. The molecule has 2 aliphatic heterocycles. The minimum absolute atomic E-state index is 0.109. The summed E-state index contributed by atoms with van der Waals surface area (Å²) in [5.41, 5.74) is 1.13. The number of carbonyl (C=O) groups excluding carboxylic acids is 2. The van der Waals surface area contributed by atoms with E-state index in [-0.39, 0.29) is 12.0 Å². The van der Waals surface area contributed by atoms with E-state index in [1.54, 1.807) is 24.3 Å². The van der Waals surface area contributed by atoms with Crippen molar-refractivity contribution in [2.45, 2.75) is 18.9 Å². The first-order valence-electron chi connectivity index (χ1n) is 8.74. The number of rotatable bonds is 4. The van der Waals surface area contributed by atoms with E-state index in [1.165, 1.54) is 7.11 Å². The van der Waals surface area contributed by atoms with Crippen molar-refractivity contribution < 1.29 is 19.1 Å². The minimum Gasteiger partial charge on any atom is -0.465 e. The first-order valence-corrected chi connectivity index (χ1v) is 8.74. The van der Waals surface area contributed by atoms with Crippen LogP contribution in [0.2, 0.25) is 0 Å². The Bertz CT molecular complexity index is 591. The Kier molecular flexibility index (Phi) is 5.88. The predicted octanol–water partition coefficient (Wildman–Crippen LogP) is 1.80. The lowest BCUT2D eigenvalue weighted by molar-refractivity contribution is 0.0571. The highest BCUT2D eigenvalue weighted by Crippen LogP contribution is 2.15. The molecule has 0 bridgehead atoms. The number of anilines is 1. The summed E-state index contributed by atoms with van der Waals surface area (Å²) in [5, 5.41) is 2.88. The standard InChI is InChI=1S/C18H25N3O4/c1-24-17(22)14-4-6-15(7-5-14)19-18(23)21-10-8-20(9-11-21)13-16-3-2-12-25-16/h4-7,16H,2-3,8-13H2,1H3,(H,19,23)/t16-/m0/s1. The van der Waals surface area contributed by atoms with E-state index < -0.39 is 0 Å². The number of piperazine rings is 1. The first-order chi connectivity index (χ1) is 12.2. The molecule has 0 aromatic heterocycles. The number of nitrogens with one attached hydrogen (secondary N) is 1. The van der Waals surface area contributed by atoms with Crippen LogP contribution in [0, 0.1) is 0 Å². The van der Waals surface area contributed by atoms with Gasteiger partial charge in [0.1, 0.15) is 0 Å². The number of methoxy groups -OCH3 is 1. The second kappa shape index (κ2) is 8.31. The Morgan fingerprint density at radius 3 is 2.52 bits per heavy atom. The van der Waals surface area contributed by atoms with Crippen LogP contribution in [0.5, 0.6) is 0 Å². The van der Waals surface area contributed by atoms with Gasteiger partial charge in [0.15, 0.2) is 0 Å². The number of benzene rings is 1. The summed E-state index contributed by atoms with van der Waals surface area (Å²) in [6.07, 6.45) is 2.65. The lowest BCUT2D eigenvalue weighted by atomic mass is 10.2. The van der Waals surface area contributed by atoms with Crippen molar-refractivity contribution in [3.05, 3.63) is 29.8 Å². The molecule has 2 amide bonds. The van der Waals surface area contributed by atoms with Crippen molar-refractivity contribution in [1.82, 2.24) is 9.80 Å². The smallest absolute Gasteiger partial charge is 0.337 e. The van der Waals surface area contributed by atoms with Crippen LogP contribution < -0.4 is 5.32 Å². The molecule has 1 atom stereocenters. The number of esters is 1. The number of carbonyl (C=O) groups is 2. The molecule has 0 unspecified atom stereocenters. The molecular formula is C18H25N3O4. The molecule has 0 radical (unpaired) electrons. The minimum atomic E-state index is -0.389. The molecule has 136 valence electrons. The summed E-state index contributed by atoms with van der Waals surface area (Å²) in [7, 11) is 1.34. The zero-order valence-electron chi connectivity index (χ0n) is 14.6. The molecule has 7 nitrogen and oxygen atoms in total. The summed E-state index contributed by atoms with van der Waals surface area (Å²) < 4.78 is 10.3. The molecule has 2 aliphatic rings. The summed E-state index contributed by atoms with van der Waals surface area (Å²) in [4.78, 5) is 28.0. The molecule has 1 N–H and O–H groups in total. The van der Waals surface area contributed by atoms with Gasteiger partial charge < -0.3 is 19.7 Å². The Morgan fingerprint density at radius 2 is 1.92 bits per heavy atom. The topological polar surface area (TPSA) is 71.1 Å². The van der Waals surface area contributed by atoms with Crippen LogP contribution in [0.15, 0.2) is 24.3 Å². The van der Waals surface area contributed by atoms with Crippen LogP contribution >= 0.6 is 0 Å². The Morgan fingerprint density at radius 1 is 1.20 bits per heavy atom. The zero-order chi connectivity index (χ0) is 17.6. The highest BCUT2D eigenvalue weighted by molar-refractivity contribution is 5.92. The molecule has 2 fully saturated rings. The molecular weight excluding hydrogens is 322 g/mol. The maximum Gasteiger partial charge on any atom is 0.337 e. The van der Waals surface area contributed by atoms with Crippen molar-refractivity contribution in [1.29, 1.82) is 0 Å². The summed E-state index contributed by atoms with van der Waals surface area (Å²) in [6.45, 7) is 4.99. The van der Waals surface area contributed by atoms with Crippen molar-refractivity contribution in [3.63, 3.8) is 0 Å². The molecule has 0 spiro atoms. The van der Waals surface area contributed by atoms with Crippen LogP contribution in [0.3, 0.4) is 0 Å². The molecule has 2 heterocycles. The predicted molar refractivity (Wildman–Crippen MR) is 93.8 cm³/mol. The van der Waals surface area contributed by atoms with Crippen LogP contribution in [0.4, 0.5) is 10.5 Å². The molecule has 0 saturated carbocycles. The van der Waals surface area contributed by atoms with E-state index in [4.69, 9.17) is 4.74 Å². The van der Waals surface area contributed by atoms with E-state index >= 15 is 0 Å². The van der Waals surface area contributed by atoms with Gasteiger partial charge in [0.05, 0.1) is 18.8 Å². The maximum absolute atomic E-state index is 12.4. The summed E-state index contributed by atoms with van der Waals surface area (Å²) in [6, 6.07) is 6.58. The zero-order valence-corrected chi connectivity index (χ0v) is 14.6. The fourth-order valence-electron chi connectivity index (χ4n) is 3.22. The van der Waals surface area contributed by atoms with Gasteiger partial charge in [-0.05, 0) is 37.1 Å². The number of hydrogen-bond acceptors (Lipinski definition) is 5. The van der Waals surface area contributed by atoms with E-state index in [2.05, 4.69) is 15.0 Å². The average Bonchev–Trinajstić information content (AvgIpc) is 3.15. The number of amides is 2. The number of ether oxygens (including phenoxy) is 2. The SMILES string of the molecule is COC(=O)c1ccc(NC(=O)N2CCN(C[C@@H]3CCCO3)CC2)cc1. The van der Waals surface area contributed by atoms with Crippen LogP contribution in [0.25, 0.3) is 0 Å². The second-order valence-corrected chi connectivity index (χ2v) is 6.42. The van der Waals surface area contributed by atoms with Gasteiger partial charge in [-0.2, -0.15) is 0 Å². The molecule has 7 heteroatoms. The Labute approximate surface area is 147 Å². The third kappa shape index (κ3) is 4.70. The van der Waals surface area contributed by atoms with Gasteiger partial charge in [0, 0.05) is 45.0 Å². The van der Waals surface area contributed by atoms with Gasteiger partial charge >= 0.3 is 12.0 Å². The van der Waals surface area contributed by atoms with Gasteiger partial charge in [0.2, 0.25) is 0 Å². The van der Waals surface area contributed by atoms with Crippen LogP contribution in [-0.4, -0.2) is 74.3 Å². The lowest BCUT2D eigenvalue weighted by Crippen LogP contribution is -2.51. The quantitative estimate of drug-likeness (QED) is 0.841. The normalized spacial score (nSPS) is 21.2. The van der Waals surface area contributed by atoms with E-state index in [0.29, 0.717) is 30.4 Å². The van der Waals surface area contributed by atoms with Crippen molar-refractivity contribution in [3.8, 4) is 0 Å². The molecule has 1 aromatic carbocycles. The third-order valence-corrected chi connectivity index (χ3v) is 4.70. The van der Waals surface area contributed by atoms with Crippen LogP contribution in [0.1, 0.15) is 23.2 Å². The van der Waals surface area contributed by atoms with Crippen molar-refractivity contribution in [2.75, 3.05) is 51.8 Å². The fourth-order valence-corrected chi connectivity index (χ4v) is 3.22. The maximum atomic E-state index is 12.4. The Balaban J connectivity index is 1.45. The number of urea groups is 1. The van der Waals surface area contributed by atoms with Gasteiger partial charge in [-0.25, -0.2) is 9.59 Å². The van der Waals surface area contributed by atoms with Crippen LogP contribution in [-0.2, 0) is 9.47 Å². The molecule has 2 saturated heterocycles. The average molecular weight is 347 g/mol. The Hall–Kier alpha value is -2.12. The van der Waals surface area contributed by atoms with Gasteiger partial charge in [-0.15, -0.1) is 0 Å². The highest BCUT2D eigenvalue weighted by atomic mass is 16.5. The lowest BCUT2D eigenvalue weighted by Gasteiger charge is -2.35. The van der Waals surface area contributed by atoms with Crippen molar-refractivity contribution >= 4 is 17.7 Å². The largest absolute Gasteiger partial charge is 0.465 e. The third-order valence-electron chi connectivity index (χ3n) is 4.70. The fraction of sp³-hybridized carbons (Fsp3) is 0.556. The summed E-state index contributed by atoms with van der Waals surface area (Å²) in [5.74, 6) is -0.389. The first kappa shape index (κ1) is 17.7. The molecule has 1 aromatic rings. The van der Waals surface area contributed by atoms with Gasteiger partial charge in [-0.3, -0.25) is 4.90 Å².